The molecule has 0 aromatic rings. The highest BCUT2D eigenvalue weighted by atomic mass is 14.3. The lowest BCUT2D eigenvalue weighted by Gasteiger charge is -2.33. The molecule has 1 aliphatic carbocycles. The Bertz CT molecular complexity index is 540. The smallest absolute Gasteiger partial charge is 0.0200 e. The fraction of sp³-hybridized carbons (Fsp3) is 0.630. The quantitative estimate of drug-likeness (QED) is 0.238. The third kappa shape index (κ3) is 9.99. The third-order valence-corrected chi connectivity index (χ3v) is 5.99. The van der Waals surface area contributed by atoms with Crippen LogP contribution < -0.4 is 0 Å². The molecule has 0 heteroatoms. The maximum absolute atomic E-state index is 4.31. The molecule has 1 aliphatic rings. The Balaban J connectivity index is 2.40. The van der Waals surface area contributed by atoms with E-state index in [2.05, 4.69) is 78.2 Å². The van der Waals surface area contributed by atoms with Crippen molar-refractivity contribution in [1.82, 2.24) is 0 Å². The van der Waals surface area contributed by atoms with Gasteiger partial charge in [-0.3, -0.25) is 0 Å². The van der Waals surface area contributed by atoms with Gasteiger partial charge in [0.05, 0.1) is 0 Å². The lowest BCUT2D eigenvalue weighted by molar-refractivity contribution is 0.297. The predicted molar refractivity (Wildman–Crippen MR) is 124 cm³/mol. The Morgan fingerprint density at radius 2 is 1.81 bits per heavy atom. The molecule has 0 N–H and O–H groups in total. The van der Waals surface area contributed by atoms with Crippen LogP contribution in [0.3, 0.4) is 0 Å². The van der Waals surface area contributed by atoms with Gasteiger partial charge in [0.25, 0.3) is 0 Å². The molecule has 0 fully saturated rings. The number of allylic oxidation sites excluding steroid dienone is 8. The predicted octanol–water partition coefficient (Wildman–Crippen LogP) is 8.84. The summed E-state index contributed by atoms with van der Waals surface area (Å²) >= 11 is 0. The largest absolute Gasteiger partial charge is 0.0999 e. The minimum atomic E-state index is 0.731. The van der Waals surface area contributed by atoms with Crippen molar-refractivity contribution in [2.45, 2.75) is 86.0 Å². The molecule has 0 aromatic heterocycles. The maximum atomic E-state index is 4.31. The molecule has 0 aliphatic heterocycles. The maximum Gasteiger partial charge on any atom is -0.0200 e. The van der Waals surface area contributed by atoms with Gasteiger partial charge >= 0.3 is 0 Å². The van der Waals surface area contributed by atoms with Crippen molar-refractivity contribution >= 4 is 0 Å². The van der Waals surface area contributed by atoms with E-state index in [-0.39, 0.29) is 0 Å². The van der Waals surface area contributed by atoms with Crippen molar-refractivity contribution in [1.29, 1.82) is 0 Å². The van der Waals surface area contributed by atoms with Gasteiger partial charge in [-0.1, -0.05) is 81.0 Å². The van der Waals surface area contributed by atoms with Crippen LogP contribution in [0, 0.1) is 23.7 Å². The standard InChI is InChI=1S/C27H44/c1-8-9-10-11-12-13-22(4)14-16-26-19-25(7)27(20-24(26)6)17-15-23(5)18-21(2)3/h8-11,20-21,25-27H,4-5,12-19H2,1-3,6-7H3/b9-8-,11-10-. The molecule has 0 saturated carbocycles. The fourth-order valence-electron chi connectivity index (χ4n) is 4.29. The molecule has 0 heterocycles. The van der Waals surface area contributed by atoms with Crippen LogP contribution in [0.25, 0.3) is 0 Å². The zero-order valence-electron chi connectivity index (χ0n) is 18.8. The zero-order chi connectivity index (χ0) is 20.2. The number of hydrogen-bond acceptors (Lipinski definition) is 0. The van der Waals surface area contributed by atoms with E-state index in [0.29, 0.717) is 0 Å². The Morgan fingerprint density at radius 3 is 2.48 bits per heavy atom. The van der Waals surface area contributed by atoms with Crippen LogP contribution in [0.4, 0.5) is 0 Å². The van der Waals surface area contributed by atoms with Crippen LogP contribution in [-0.2, 0) is 0 Å². The van der Waals surface area contributed by atoms with Gasteiger partial charge in [0.15, 0.2) is 0 Å². The summed E-state index contributed by atoms with van der Waals surface area (Å²) in [5.74, 6) is 3.02. The molecular formula is C27H44. The van der Waals surface area contributed by atoms with Crippen LogP contribution in [0.1, 0.15) is 86.0 Å². The van der Waals surface area contributed by atoms with E-state index in [1.54, 1.807) is 5.57 Å². The van der Waals surface area contributed by atoms with Gasteiger partial charge in [-0.05, 0) is 88.9 Å². The summed E-state index contributed by atoms with van der Waals surface area (Å²) in [6.45, 7) is 20.0. The molecule has 3 unspecified atom stereocenters. The van der Waals surface area contributed by atoms with Gasteiger partial charge < -0.3 is 0 Å². The monoisotopic (exact) mass is 368 g/mol. The molecule has 0 bridgehead atoms. The molecule has 0 aromatic carbocycles. The van der Waals surface area contributed by atoms with Crippen LogP contribution in [0.15, 0.2) is 60.3 Å². The van der Waals surface area contributed by atoms with E-state index in [1.165, 1.54) is 49.7 Å². The minimum absolute atomic E-state index is 0.731. The van der Waals surface area contributed by atoms with Crippen molar-refractivity contribution in [2.75, 3.05) is 0 Å². The first-order chi connectivity index (χ1) is 12.8. The highest BCUT2D eigenvalue weighted by Gasteiger charge is 2.26. The molecule has 0 amide bonds. The Hall–Kier alpha value is -1.30. The molecule has 1 rings (SSSR count). The van der Waals surface area contributed by atoms with Crippen LogP contribution in [0.5, 0.6) is 0 Å². The summed E-state index contributed by atoms with van der Waals surface area (Å²) in [6.07, 6.45) is 20.8. The summed E-state index contributed by atoms with van der Waals surface area (Å²) in [4.78, 5) is 0. The van der Waals surface area contributed by atoms with E-state index in [1.807, 2.05) is 0 Å². The van der Waals surface area contributed by atoms with Crippen LogP contribution in [-0.4, -0.2) is 0 Å². The second-order valence-electron chi connectivity index (χ2n) is 9.15. The van der Waals surface area contributed by atoms with Crippen molar-refractivity contribution < 1.29 is 0 Å². The fourth-order valence-corrected chi connectivity index (χ4v) is 4.29. The molecule has 3 atom stereocenters. The van der Waals surface area contributed by atoms with Gasteiger partial charge in [-0.15, -0.1) is 0 Å². The topological polar surface area (TPSA) is 0 Å². The van der Waals surface area contributed by atoms with Gasteiger partial charge in [0.1, 0.15) is 0 Å². The first kappa shape index (κ1) is 23.7. The summed E-state index contributed by atoms with van der Waals surface area (Å²) in [5.41, 5.74) is 4.46. The summed E-state index contributed by atoms with van der Waals surface area (Å²) in [7, 11) is 0. The number of hydrogen-bond donors (Lipinski definition) is 0. The van der Waals surface area contributed by atoms with Crippen molar-refractivity contribution in [3.63, 3.8) is 0 Å². The van der Waals surface area contributed by atoms with Crippen LogP contribution in [0.2, 0.25) is 0 Å². The Labute approximate surface area is 170 Å². The van der Waals surface area contributed by atoms with Gasteiger partial charge in [0, 0.05) is 0 Å². The van der Waals surface area contributed by atoms with E-state index >= 15 is 0 Å². The van der Waals surface area contributed by atoms with Gasteiger partial charge in [0.2, 0.25) is 0 Å². The van der Waals surface area contributed by atoms with Crippen molar-refractivity contribution in [2.24, 2.45) is 23.7 Å². The lowest BCUT2D eigenvalue weighted by atomic mass is 9.72. The molecule has 0 nitrogen and oxygen atoms in total. The van der Waals surface area contributed by atoms with Crippen molar-refractivity contribution in [3.05, 3.63) is 60.3 Å². The van der Waals surface area contributed by atoms with Crippen LogP contribution >= 0.6 is 0 Å². The molecule has 0 spiro atoms. The second kappa shape index (κ2) is 13.0. The van der Waals surface area contributed by atoms with Crippen molar-refractivity contribution in [3.8, 4) is 0 Å². The normalized spacial score (nSPS) is 23.3. The van der Waals surface area contributed by atoms with Gasteiger partial charge in [-0.25, -0.2) is 0 Å². The Kier molecular flexibility index (Phi) is 11.4. The second-order valence-corrected chi connectivity index (χ2v) is 9.15. The highest BCUT2D eigenvalue weighted by molar-refractivity contribution is 5.13. The molecule has 0 saturated heterocycles. The zero-order valence-corrected chi connectivity index (χ0v) is 18.8. The summed E-state index contributed by atoms with van der Waals surface area (Å²) in [6, 6.07) is 0. The van der Waals surface area contributed by atoms with E-state index < -0.39 is 0 Å². The molecular weight excluding hydrogens is 324 g/mol. The molecule has 27 heavy (non-hydrogen) atoms. The highest BCUT2D eigenvalue weighted by Crippen LogP contribution is 2.38. The SMILES string of the molecule is C=C(CC/C=C\C=C/C)CCC1CC(C)C(CCC(=C)CC(C)C)C=C1C. The number of rotatable bonds is 12. The molecule has 152 valence electrons. The molecule has 0 radical (unpaired) electrons. The lowest BCUT2D eigenvalue weighted by Crippen LogP contribution is -2.21. The summed E-state index contributed by atoms with van der Waals surface area (Å²) < 4.78 is 0. The minimum Gasteiger partial charge on any atom is -0.0999 e. The summed E-state index contributed by atoms with van der Waals surface area (Å²) in [5, 5.41) is 0. The third-order valence-electron chi connectivity index (χ3n) is 5.99. The van der Waals surface area contributed by atoms with E-state index in [0.717, 1.165) is 36.5 Å². The van der Waals surface area contributed by atoms with E-state index in [4.69, 9.17) is 0 Å². The van der Waals surface area contributed by atoms with E-state index in [9.17, 15) is 0 Å². The van der Waals surface area contributed by atoms with Gasteiger partial charge in [-0.2, -0.15) is 0 Å². The average Bonchev–Trinajstić information content (AvgIpc) is 2.60. The first-order valence-electron chi connectivity index (χ1n) is 11.1. The average molecular weight is 369 g/mol. The first-order valence-corrected chi connectivity index (χ1v) is 11.1. The Morgan fingerprint density at radius 1 is 1.11 bits per heavy atom.